The molecular formula is C15H28O2SSi2. The van der Waals surface area contributed by atoms with E-state index in [-0.39, 0.29) is 0 Å². The second-order valence-electron chi connectivity index (χ2n) is 8.01. The van der Waals surface area contributed by atoms with Crippen LogP contribution in [0.5, 0.6) is 0 Å². The Labute approximate surface area is 126 Å². The molecule has 0 aliphatic rings. The molecule has 0 fully saturated rings. The molecule has 0 aromatic heterocycles. The molecule has 0 amide bonds. The number of sulfone groups is 1. The highest BCUT2D eigenvalue weighted by atomic mass is 32.2. The van der Waals surface area contributed by atoms with Crippen LogP contribution in [0.2, 0.25) is 39.3 Å². The summed E-state index contributed by atoms with van der Waals surface area (Å²) < 4.78 is 25.8. The Bertz CT molecular complexity index is 591. The smallest absolute Gasteiger partial charge is 0.180 e. The van der Waals surface area contributed by atoms with Crippen LogP contribution in [0.15, 0.2) is 29.2 Å². The Hall–Kier alpha value is -0.396. The number of hydrogen-bond donors (Lipinski definition) is 0. The Morgan fingerprint density at radius 3 is 1.75 bits per heavy atom. The molecule has 0 atom stereocenters. The summed E-state index contributed by atoms with van der Waals surface area (Å²) in [6.45, 7) is 16.8. The van der Waals surface area contributed by atoms with Crippen LogP contribution >= 0.6 is 0 Å². The molecular weight excluding hydrogens is 300 g/mol. The lowest BCUT2D eigenvalue weighted by molar-refractivity contribution is 0.578. The second kappa shape index (κ2) is 5.11. The third kappa shape index (κ3) is 2.94. The van der Waals surface area contributed by atoms with Crippen molar-refractivity contribution in [3.8, 4) is 0 Å². The third-order valence-corrected chi connectivity index (χ3v) is 15.2. The summed E-state index contributed by atoms with van der Waals surface area (Å²) in [6.07, 6.45) is 0. The average Bonchev–Trinajstić information content (AvgIpc) is 2.26. The van der Waals surface area contributed by atoms with Crippen LogP contribution in [0.4, 0.5) is 0 Å². The molecule has 0 radical (unpaired) electrons. The van der Waals surface area contributed by atoms with Crippen molar-refractivity contribution < 1.29 is 8.42 Å². The van der Waals surface area contributed by atoms with Gasteiger partial charge in [0.15, 0.2) is 9.84 Å². The molecule has 0 heterocycles. The fourth-order valence-electron chi connectivity index (χ4n) is 2.00. The average molecular weight is 329 g/mol. The van der Waals surface area contributed by atoms with E-state index in [1.54, 1.807) is 6.07 Å². The van der Waals surface area contributed by atoms with E-state index in [9.17, 15) is 8.42 Å². The standard InChI is InChI=1S/C15H28O2SSi2/c1-15(2,20(6,7)8)18(16,17)13-11-9-10-12-14(13)19(3,4)5/h9-12H,1-8H3. The van der Waals surface area contributed by atoms with Gasteiger partial charge >= 0.3 is 0 Å². The van der Waals surface area contributed by atoms with Crippen molar-refractivity contribution in [1.29, 1.82) is 0 Å². The first-order valence-corrected chi connectivity index (χ1v) is 15.6. The predicted octanol–water partition coefficient (Wildman–Crippen LogP) is 3.66. The molecule has 2 nitrogen and oxygen atoms in total. The highest BCUT2D eigenvalue weighted by Gasteiger charge is 2.47. The molecule has 0 aliphatic carbocycles. The zero-order valence-electron chi connectivity index (χ0n) is 14.0. The SMILES string of the molecule is CC(C)([Si](C)(C)C)S(=O)(=O)c1ccccc1[Si](C)(C)C. The van der Waals surface area contributed by atoms with Crippen LogP contribution < -0.4 is 5.19 Å². The van der Waals surface area contributed by atoms with Crippen LogP contribution in [-0.4, -0.2) is 28.9 Å². The van der Waals surface area contributed by atoms with Gasteiger partial charge in [-0.1, -0.05) is 57.5 Å². The first-order valence-electron chi connectivity index (χ1n) is 7.07. The minimum absolute atomic E-state index is 0.562. The van der Waals surface area contributed by atoms with E-state index >= 15 is 0 Å². The van der Waals surface area contributed by atoms with Crippen molar-refractivity contribution >= 4 is 31.2 Å². The minimum atomic E-state index is -3.31. The van der Waals surface area contributed by atoms with Gasteiger partial charge in [0.25, 0.3) is 0 Å². The summed E-state index contributed by atoms with van der Waals surface area (Å²) in [7, 11) is -6.86. The summed E-state index contributed by atoms with van der Waals surface area (Å²) in [4.78, 5) is 0.562. The Kier molecular flexibility index (Phi) is 4.51. The van der Waals surface area contributed by atoms with Gasteiger partial charge < -0.3 is 0 Å². The lowest BCUT2D eigenvalue weighted by atomic mass is 10.4. The van der Waals surface area contributed by atoms with Gasteiger partial charge in [0.05, 0.1) is 25.4 Å². The van der Waals surface area contributed by atoms with Crippen LogP contribution in [-0.2, 0) is 9.84 Å². The third-order valence-electron chi connectivity index (χ3n) is 4.46. The van der Waals surface area contributed by atoms with Crippen LogP contribution in [0.25, 0.3) is 0 Å². The second-order valence-corrected chi connectivity index (χ2v) is 21.6. The maximum Gasteiger partial charge on any atom is 0.180 e. The zero-order chi connectivity index (χ0) is 16.0. The normalized spacial score (nSPS) is 14.4. The topological polar surface area (TPSA) is 34.1 Å². The van der Waals surface area contributed by atoms with E-state index in [1.807, 2.05) is 32.0 Å². The van der Waals surface area contributed by atoms with Gasteiger partial charge in [0.1, 0.15) is 0 Å². The molecule has 1 aromatic carbocycles. The van der Waals surface area contributed by atoms with Crippen molar-refractivity contribution in [1.82, 2.24) is 0 Å². The van der Waals surface area contributed by atoms with Crippen molar-refractivity contribution in [2.24, 2.45) is 0 Å². The van der Waals surface area contributed by atoms with Crippen molar-refractivity contribution in [3.63, 3.8) is 0 Å². The lowest BCUT2D eigenvalue weighted by Gasteiger charge is -2.37. The van der Waals surface area contributed by atoms with E-state index in [2.05, 4.69) is 39.3 Å². The molecule has 20 heavy (non-hydrogen) atoms. The molecule has 0 saturated heterocycles. The van der Waals surface area contributed by atoms with E-state index < -0.39 is 30.4 Å². The summed E-state index contributed by atoms with van der Waals surface area (Å²) >= 11 is 0. The van der Waals surface area contributed by atoms with Crippen LogP contribution in [0.1, 0.15) is 13.8 Å². The zero-order valence-corrected chi connectivity index (χ0v) is 16.9. The molecule has 0 N–H and O–H groups in total. The molecule has 0 aliphatic heterocycles. The summed E-state index contributed by atoms with van der Waals surface area (Å²) in [6, 6.07) is 7.59. The summed E-state index contributed by atoms with van der Waals surface area (Å²) in [5, 5.41) is 1.05. The molecule has 1 rings (SSSR count). The van der Waals surface area contributed by atoms with E-state index in [0.29, 0.717) is 4.90 Å². The summed E-state index contributed by atoms with van der Waals surface area (Å²) in [5.41, 5.74) is 0. The van der Waals surface area contributed by atoms with Gasteiger partial charge in [-0.15, -0.1) is 0 Å². The molecule has 0 bridgehead atoms. The maximum absolute atomic E-state index is 13.2. The van der Waals surface area contributed by atoms with Crippen LogP contribution in [0.3, 0.4) is 0 Å². The van der Waals surface area contributed by atoms with Gasteiger partial charge in [0.2, 0.25) is 0 Å². The first kappa shape index (κ1) is 17.7. The lowest BCUT2D eigenvalue weighted by Crippen LogP contribution is -2.55. The number of hydrogen-bond acceptors (Lipinski definition) is 2. The summed E-state index contributed by atoms with van der Waals surface area (Å²) in [5.74, 6) is 0. The number of rotatable bonds is 4. The fourth-order valence-corrected chi connectivity index (χ4v) is 9.46. The number of benzene rings is 1. The molecule has 1 aromatic rings. The highest BCUT2D eigenvalue weighted by Crippen LogP contribution is 2.33. The van der Waals surface area contributed by atoms with Crippen LogP contribution in [0, 0.1) is 0 Å². The largest absolute Gasteiger partial charge is 0.223 e. The van der Waals surface area contributed by atoms with Gasteiger partial charge in [-0.3, -0.25) is 0 Å². The molecule has 114 valence electrons. The first-order chi connectivity index (χ1) is 8.73. The molecule has 0 unspecified atom stereocenters. The van der Waals surface area contributed by atoms with Gasteiger partial charge in [0, 0.05) is 0 Å². The Morgan fingerprint density at radius 2 is 1.35 bits per heavy atom. The predicted molar refractivity (Wildman–Crippen MR) is 94.0 cm³/mol. The monoisotopic (exact) mass is 328 g/mol. The van der Waals surface area contributed by atoms with Crippen molar-refractivity contribution in [2.75, 3.05) is 0 Å². The van der Waals surface area contributed by atoms with Gasteiger partial charge in [-0.2, -0.15) is 0 Å². The Balaban J connectivity index is 3.62. The Morgan fingerprint density at radius 1 is 0.900 bits per heavy atom. The fraction of sp³-hybridized carbons (Fsp3) is 0.600. The minimum Gasteiger partial charge on any atom is -0.223 e. The molecule has 5 heteroatoms. The van der Waals surface area contributed by atoms with Gasteiger partial charge in [-0.25, -0.2) is 8.42 Å². The van der Waals surface area contributed by atoms with E-state index in [0.717, 1.165) is 5.19 Å². The maximum atomic E-state index is 13.2. The van der Waals surface area contributed by atoms with E-state index in [4.69, 9.17) is 0 Å². The van der Waals surface area contributed by atoms with Crippen molar-refractivity contribution in [2.45, 2.75) is 62.4 Å². The van der Waals surface area contributed by atoms with Gasteiger partial charge in [-0.05, 0) is 25.1 Å². The van der Waals surface area contributed by atoms with Crippen molar-refractivity contribution in [3.05, 3.63) is 24.3 Å². The molecule has 0 spiro atoms. The highest BCUT2D eigenvalue weighted by molar-refractivity contribution is 7.95. The quantitative estimate of drug-likeness (QED) is 0.790. The molecule has 0 saturated carbocycles. The van der Waals surface area contributed by atoms with E-state index in [1.165, 1.54) is 0 Å².